The molecule has 21 heavy (non-hydrogen) atoms. The molecule has 2 heterocycles. The Kier molecular flexibility index (Phi) is 4.91. The van der Waals surface area contributed by atoms with Crippen LogP contribution in [-0.4, -0.2) is 51.1 Å². The van der Waals surface area contributed by atoms with Gasteiger partial charge in [-0.1, -0.05) is 0 Å². The van der Waals surface area contributed by atoms with Crippen molar-refractivity contribution in [2.75, 3.05) is 6.54 Å². The van der Waals surface area contributed by atoms with E-state index in [0.29, 0.717) is 31.6 Å². The largest absolute Gasteiger partial charge is 0.480 e. The Labute approximate surface area is 123 Å². The van der Waals surface area contributed by atoms with Crippen molar-refractivity contribution in [2.24, 2.45) is 0 Å². The SMILES string of the molecule is CCn1cnnc1CNS(=O)(=O)N1CCCCC1C(=O)O. The van der Waals surface area contributed by atoms with Crippen LogP contribution in [0.2, 0.25) is 0 Å². The normalized spacial score (nSPS) is 20.5. The fourth-order valence-electron chi connectivity index (χ4n) is 2.36. The van der Waals surface area contributed by atoms with Gasteiger partial charge < -0.3 is 9.67 Å². The standard InChI is InChI=1S/C11H19N5O4S/c1-2-15-8-12-14-10(15)7-13-21(19,20)16-6-4-3-5-9(16)11(17)18/h8-9,13H,2-7H2,1H3,(H,17,18). The van der Waals surface area contributed by atoms with Crippen LogP contribution >= 0.6 is 0 Å². The van der Waals surface area contributed by atoms with Gasteiger partial charge in [0.05, 0.1) is 6.54 Å². The Hall–Kier alpha value is -1.52. The molecule has 1 aromatic rings. The molecule has 10 heteroatoms. The summed E-state index contributed by atoms with van der Waals surface area (Å²) in [5.74, 6) is -0.623. The van der Waals surface area contributed by atoms with Gasteiger partial charge in [0.2, 0.25) is 0 Å². The molecule has 1 saturated heterocycles. The zero-order valence-corrected chi connectivity index (χ0v) is 12.6. The number of piperidine rings is 1. The lowest BCUT2D eigenvalue weighted by Gasteiger charge is -2.31. The maximum atomic E-state index is 12.3. The molecular weight excluding hydrogens is 298 g/mol. The fraction of sp³-hybridized carbons (Fsp3) is 0.727. The van der Waals surface area contributed by atoms with Gasteiger partial charge in [0.25, 0.3) is 10.2 Å². The minimum atomic E-state index is -3.86. The van der Waals surface area contributed by atoms with Gasteiger partial charge in [0.1, 0.15) is 18.2 Å². The van der Waals surface area contributed by atoms with E-state index in [0.717, 1.165) is 4.31 Å². The molecule has 0 bridgehead atoms. The minimum absolute atomic E-state index is 0.0149. The molecule has 1 unspecified atom stereocenters. The first-order valence-electron chi connectivity index (χ1n) is 6.81. The molecule has 2 N–H and O–H groups in total. The molecule has 1 aliphatic rings. The summed E-state index contributed by atoms with van der Waals surface area (Å²) >= 11 is 0. The van der Waals surface area contributed by atoms with Crippen molar-refractivity contribution < 1.29 is 18.3 Å². The van der Waals surface area contributed by atoms with Crippen molar-refractivity contribution in [3.05, 3.63) is 12.2 Å². The summed E-state index contributed by atoms with van der Waals surface area (Å²) in [5, 5.41) is 16.7. The lowest BCUT2D eigenvalue weighted by atomic mass is 10.1. The van der Waals surface area contributed by atoms with Gasteiger partial charge in [-0.15, -0.1) is 10.2 Å². The van der Waals surface area contributed by atoms with Crippen molar-refractivity contribution in [3.8, 4) is 0 Å². The summed E-state index contributed by atoms with van der Waals surface area (Å²) in [4.78, 5) is 11.2. The van der Waals surface area contributed by atoms with Crippen molar-refractivity contribution in [3.63, 3.8) is 0 Å². The molecule has 1 aromatic heterocycles. The van der Waals surface area contributed by atoms with Crippen molar-refractivity contribution in [1.82, 2.24) is 23.8 Å². The number of carbonyl (C=O) groups is 1. The topological polar surface area (TPSA) is 117 Å². The second-order valence-electron chi connectivity index (χ2n) is 4.82. The molecule has 0 saturated carbocycles. The Morgan fingerprint density at radius 2 is 2.29 bits per heavy atom. The smallest absolute Gasteiger partial charge is 0.322 e. The zero-order chi connectivity index (χ0) is 15.5. The Morgan fingerprint density at radius 3 is 2.95 bits per heavy atom. The molecule has 0 aromatic carbocycles. The molecule has 1 atom stereocenters. The second-order valence-corrected chi connectivity index (χ2v) is 6.53. The van der Waals surface area contributed by atoms with Crippen LogP contribution in [-0.2, 0) is 28.1 Å². The van der Waals surface area contributed by atoms with Crippen molar-refractivity contribution >= 4 is 16.2 Å². The Morgan fingerprint density at radius 1 is 1.52 bits per heavy atom. The highest BCUT2D eigenvalue weighted by Gasteiger charge is 2.36. The van der Waals surface area contributed by atoms with Gasteiger partial charge in [-0.05, 0) is 26.2 Å². The van der Waals surface area contributed by atoms with E-state index in [9.17, 15) is 13.2 Å². The van der Waals surface area contributed by atoms with E-state index in [-0.39, 0.29) is 13.1 Å². The highest BCUT2D eigenvalue weighted by Crippen LogP contribution is 2.20. The van der Waals surface area contributed by atoms with Crippen LogP contribution in [0.15, 0.2) is 6.33 Å². The molecule has 1 fully saturated rings. The van der Waals surface area contributed by atoms with Crippen LogP contribution in [0.5, 0.6) is 0 Å². The lowest BCUT2D eigenvalue weighted by Crippen LogP contribution is -2.52. The number of rotatable bonds is 6. The predicted molar refractivity (Wildman–Crippen MR) is 73.4 cm³/mol. The fourth-order valence-corrected chi connectivity index (χ4v) is 3.74. The average Bonchev–Trinajstić information content (AvgIpc) is 2.92. The van der Waals surface area contributed by atoms with Crippen LogP contribution in [0, 0.1) is 0 Å². The second kappa shape index (κ2) is 6.50. The summed E-state index contributed by atoms with van der Waals surface area (Å²) in [6.45, 7) is 2.73. The molecule has 9 nitrogen and oxygen atoms in total. The first kappa shape index (κ1) is 15.9. The molecule has 1 aliphatic heterocycles. The maximum absolute atomic E-state index is 12.3. The highest BCUT2D eigenvalue weighted by atomic mass is 32.2. The number of aliphatic carboxylic acids is 1. The molecule has 0 amide bonds. The molecule has 0 spiro atoms. The molecular formula is C11H19N5O4S. The van der Waals surface area contributed by atoms with Crippen LogP contribution in [0.1, 0.15) is 32.0 Å². The van der Waals surface area contributed by atoms with E-state index >= 15 is 0 Å². The number of aromatic nitrogens is 3. The van der Waals surface area contributed by atoms with Crippen LogP contribution in [0.3, 0.4) is 0 Å². The molecule has 118 valence electrons. The van der Waals surface area contributed by atoms with E-state index in [4.69, 9.17) is 5.11 Å². The predicted octanol–water partition coefficient (Wildman–Crippen LogP) is -0.428. The Balaban J connectivity index is 2.08. The number of nitrogens with zero attached hydrogens (tertiary/aromatic N) is 4. The van der Waals surface area contributed by atoms with Gasteiger partial charge >= 0.3 is 5.97 Å². The number of nitrogens with one attached hydrogen (secondary N) is 1. The maximum Gasteiger partial charge on any atom is 0.322 e. The van der Waals surface area contributed by atoms with Crippen LogP contribution in [0.25, 0.3) is 0 Å². The third-order valence-corrected chi connectivity index (χ3v) is 5.06. The number of hydrogen-bond acceptors (Lipinski definition) is 5. The lowest BCUT2D eigenvalue weighted by molar-refractivity contribution is -0.142. The first-order chi connectivity index (χ1) is 9.95. The van der Waals surface area contributed by atoms with Crippen LogP contribution in [0.4, 0.5) is 0 Å². The van der Waals surface area contributed by atoms with E-state index in [1.54, 1.807) is 4.57 Å². The number of hydrogen-bond donors (Lipinski definition) is 2. The van der Waals surface area contributed by atoms with Crippen molar-refractivity contribution in [1.29, 1.82) is 0 Å². The summed E-state index contributed by atoms with van der Waals surface area (Å²) < 4.78 is 29.7. The summed E-state index contributed by atoms with van der Waals surface area (Å²) in [6, 6.07) is -1.000. The third-order valence-electron chi connectivity index (χ3n) is 3.50. The third kappa shape index (κ3) is 3.57. The highest BCUT2D eigenvalue weighted by molar-refractivity contribution is 7.87. The summed E-state index contributed by atoms with van der Waals surface area (Å²) in [7, 11) is -3.86. The summed E-state index contributed by atoms with van der Waals surface area (Å²) in [5.41, 5.74) is 0. The van der Waals surface area contributed by atoms with E-state index in [2.05, 4.69) is 14.9 Å². The minimum Gasteiger partial charge on any atom is -0.480 e. The van der Waals surface area contributed by atoms with Crippen LogP contribution < -0.4 is 4.72 Å². The van der Waals surface area contributed by atoms with E-state index < -0.39 is 22.2 Å². The Bertz CT molecular complexity index is 600. The quantitative estimate of drug-likeness (QED) is 0.735. The first-order valence-corrected chi connectivity index (χ1v) is 8.25. The van der Waals surface area contributed by atoms with Gasteiger partial charge in [-0.3, -0.25) is 4.79 Å². The number of aryl methyl sites for hydroxylation is 1. The van der Waals surface area contributed by atoms with Gasteiger partial charge in [-0.25, -0.2) is 0 Å². The number of carboxylic acids is 1. The zero-order valence-electron chi connectivity index (χ0n) is 11.8. The number of carboxylic acid groups (broad SMARTS) is 1. The molecule has 2 rings (SSSR count). The van der Waals surface area contributed by atoms with Gasteiger partial charge in [0, 0.05) is 13.1 Å². The van der Waals surface area contributed by atoms with E-state index in [1.165, 1.54) is 6.33 Å². The molecule has 0 radical (unpaired) electrons. The van der Waals surface area contributed by atoms with Gasteiger partial charge in [-0.2, -0.15) is 17.4 Å². The molecule has 0 aliphatic carbocycles. The van der Waals surface area contributed by atoms with E-state index in [1.807, 2.05) is 6.92 Å². The van der Waals surface area contributed by atoms with Gasteiger partial charge in [0.15, 0.2) is 0 Å². The monoisotopic (exact) mass is 317 g/mol. The summed E-state index contributed by atoms with van der Waals surface area (Å²) in [6.07, 6.45) is 3.23. The van der Waals surface area contributed by atoms with Crippen molar-refractivity contribution in [2.45, 2.75) is 45.3 Å². The average molecular weight is 317 g/mol.